The first kappa shape index (κ1) is 40.7. The maximum atomic E-state index is 15.1. The lowest BCUT2D eigenvalue weighted by atomic mass is 9.61. The van der Waals surface area contributed by atoms with Crippen LogP contribution >= 0.6 is 7.14 Å². The van der Waals surface area contributed by atoms with Crippen molar-refractivity contribution < 1.29 is 13.4 Å². The van der Waals surface area contributed by atoms with Crippen LogP contribution in [-0.2, 0) is 13.4 Å². The molecule has 282 valence electrons. The molecule has 5 rings (SSSR count). The van der Waals surface area contributed by atoms with Gasteiger partial charge in [0.05, 0.1) is 12.2 Å². The summed E-state index contributed by atoms with van der Waals surface area (Å²) in [7, 11) is -6.59. The lowest BCUT2D eigenvalue weighted by Gasteiger charge is -2.45. The Bertz CT molecular complexity index is 1500. The van der Waals surface area contributed by atoms with E-state index in [1.807, 2.05) is 36.4 Å². The lowest BCUT2D eigenvalue weighted by molar-refractivity contribution is 0.0725. The van der Waals surface area contributed by atoms with Gasteiger partial charge in [-0.1, -0.05) is 139 Å². The number of allylic oxidation sites excluding steroid dienone is 3. The van der Waals surface area contributed by atoms with Gasteiger partial charge in [0, 0.05) is 16.8 Å². The molecule has 2 aromatic carbocycles. The molecule has 0 radical (unpaired) electrons. The Kier molecular flexibility index (Phi) is 12.2. The minimum atomic E-state index is -2.76. The molecule has 2 unspecified atom stereocenters. The molecule has 0 N–H and O–H groups in total. The predicted octanol–water partition coefficient (Wildman–Crippen LogP) is 12.7. The third-order valence-corrected chi connectivity index (χ3v) is 26.6. The van der Waals surface area contributed by atoms with Crippen LogP contribution < -0.4 is 10.6 Å². The minimum absolute atomic E-state index is 0.185. The molecule has 0 amide bonds. The zero-order valence-electron chi connectivity index (χ0n) is 34.4. The summed E-state index contributed by atoms with van der Waals surface area (Å²) in [6.45, 7) is 28.7. The molecule has 0 aliphatic heterocycles. The molecule has 51 heavy (non-hydrogen) atoms. The van der Waals surface area contributed by atoms with Crippen LogP contribution in [0.4, 0.5) is 0 Å². The Balaban J connectivity index is 1.38. The van der Waals surface area contributed by atoms with Gasteiger partial charge in [0.2, 0.25) is 0 Å². The third-order valence-electron chi connectivity index (χ3n) is 14.2. The maximum Gasteiger partial charge on any atom is 0.192 e. The van der Waals surface area contributed by atoms with Gasteiger partial charge in [-0.25, -0.2) is 0 Å². The van der Waals surface area contributed by atoms with Gasteiger partial charge in [0.25, 0.3) is 0 Å². The molecule has 3 aliphatic carbocycles. The fourth-order valence-electron chi connectivity index (χ4n) is 9.30. The standard InChI is InChI=1S/C45H71O3PSi2/c1-34(33-49(46,39-21-15-13-16-22-39)40-23-17-14-18-24-40)41-27-28-42-36(20-19-29-45(41,42)8)26-25-35-30-37(47-50(9,10)43(2,3)4)32-38(31-35)48-51(11,12)44(5,6)7/h13-18,21-26,34,37-38,41-42H,19-20,27-33H2,1-12H3/b36-26-/t34-,37-,38-,41?,42?,45-/m1/s1. The molecule has 0 spiro atoms. The van der Waals surface area contributed by atoms with E-state index >= 15 is 4.57 Å². The second-order valence-corrected chi connectivity index (χ2v) is 32.3. The fourth-order valence-corrected chi connectivity index (χ4v) is 15.1. The summed E-state index contributed by atoms with van der Waals surface area (Å²) in [6.07, 6.45) is 15.4. The number of hydrogen-bond acceptors (Lipinski definition) is 3. The van der Waals surface area contributed by atoms with Crippen molar-refractivity contribution in [3.05, 3.63) is 84.0 Å². The molecule has 3 aliphatic rings. The first-order valence-electron chi connectivity index (χ1n) is 20.1. The van der Waals surface area contributed by atoms with E-state index in [4.69, 9.17) is 8.85 Å². The number of benzene rings is 2. The van der Waals surface area contributed by atoms with Gasteiger partial charge in [-0.15, -0.1) is 0 Å². The minimum Gasteiger partial charge on any atom is -0.414 e. The number of hydrogen-bond donors (Lipinski definition) is 0. The Morgan fingerprint density at radius 1 is 0.804 bits per heavy atom. The van der Waals surface area contributed by atoms with E-state index in [0.29, 0.717) is 17.8 Å². The van der Waals surface area contributed by atoms with Gasteiger partial charge in [0.15, 0.2) is 16.6 Å². The molecule has 3 saturated carbocycles. The Hall–Kier alpha value is -1.50. The van der Waals surface area contributed by atoms with E-state index in [1.165, 1.54) is 37.7 Å². The normalized spacial score (nSPS) is 28.1. The Morgan fingerprint density at radius 2 is 1.29 bits per heavy atom. The van der Waals surface area contributed by atoms with Gasteiger partial charge < -0.3 is 13.4 Å². The first-order valence-corrected chi connectivity index (χ1v) is 27.8. The molecule has 0 bridgehead atoms. The predicted molar refractivity (Wildman–Crippen MR) is 226 cm³/mol. The van der Waals surface area contributed by atoms with E-state index in [9.17, 15) is 0 Å². The summed E-state index contributed by atoms with van der Waals surface area (Å²) in [4.78, 5) is 0. The highest BCUT2D eigenvalue weighted by atomic mass is 31.2. The molecule has 0 saturated heterocycles. The van der Waals surface area contributed by atoms with Gasteiger partial charge in [-0.05, 0) is 111 Å². The highest BCUT2D eigenvalue weighted by molar-refractivity contribution is 7.78. The molecule has 0 aromatic heterocycles. The van der Waals surface area contributed by atoms with Crippen molar-refractivity contribution in [2.45, 2.75) is 155 Å². The highest BCUT2D eigenvalue weighted by Crippen LogP contribution is 2.61. The lowest BCUT2D eigenvalue weighted by Crippen LogP contribution is -2.48. The number of fused-ring (bicyclic) bond motifs is 1. The van der Waals surface area contributed by atoms with Crippen molar-refractivity contribution >= 4 is 34.4 Å². The quantitative estimate of drug-likeness (QED) is 0.179. The fraction of sp³-hybridized carbons (Fsp3) is 0.644. The van der Waals surface area contributed by atoms with Crippen molar-refractivity contribution in [1.82, 2.24) is 0 Å². The van der Waals surface area contributed by atoms with Crippen molar-refractivity contribution in [3.63, 3.8) is 0 Å². The zero-order valence-corrected chi connectivity index (χ0v) is 37.2. The Labute approximate surface area is 315 Å². The van der Waals surface area contributed by atoms with Crippen LogP contribution in [0.5, 0.6) is 0 Å². The van der Waals surface area contributed by atoms with Gasteiger partial charge >= 0.3 is 0 Å². The monoisotopic (exact) mass is 746 g/mol. The molecule has 6 heteroatoms. The van der Waals surface area contributed by atoms with Gasteiger partial charge in [-0.3, -0.25) is 0 Å². The molecule has 3 fully saturated rings. The van der Waals surface area contributed by atoms with Crippen molar-refractivity contribution in [2.24, 2.45) is 23.2 Å². The third kappa shape index (κ3) is 8.91. The first-order chi connectivity index (χ1) is 23.7. The summed E-state index contributed by atoms with van der Waals surface area (Å²) >= 11 is 0. The molecule has 0 heterocycles. The van der Waals surface area contributed by atoms with Crippen molar-refractivity contribution in [1.29, 1.82) is 0 Å². The average Bonchev–Trinajstić information content (AvgIpc) is 3.40. The summed E-state index contributed by atoms with van der Waals surface area (Å²) in [5.74, 6) is 1.55. The average molecular weight is 747 g/mol. The summed E-state index contributed by atoms with van der Waals surface area (Å²) < 4.78 is 29.3. The molecular formula is C45H71O3PSi2. The summed E-state index contributed by atoms with van der Waals surface area (Å²) in [5, 5.41) is 2.37. The topological polar surface area (TPSA) is 35.5 Å². The smallest absolute Gasteiger partial charge is 0.192 e. The highest BCUT2D eigenvalue weighted by Gasteiger charge is 2.52. The second kappa shape index (κ2) is 15.3. The molecule has 3 nitrogen and oxygen atoms in total. The molecule has 2 aromatic rings. The van der Waals surface area contributed by atoms with E-state index in [0.717, 1.165) is 36.0 Å². The van der Waals surface area contributed by atoms with Crippen LogP contribution in [-0.4, -0.2) is 35.0 Å². The maximum absolute atomic E-state index is 15.1. The largest absolute Gasteiger partial charge is 0.414 e. The molecular weight excluding hydrogens is 676 g/mol. The van der Waals surface area contributed by atoms with Crippen LogP contribution in [0, 0.1) is 23.2 Å². The van der Waals surface area contributed by atoms with Crippen molar-refractivity contribution in [2.75, 3.05) is 6.16 Å². The van der Waals surface area contributed by atoms with E-state index in [1.54, 1.807) is 5.57 Å². The van der Waals surface area contributed by atoms with E-state index < -0.39 is 23.8 Å². The molecule has 6 atom stereocenters. The van der Waals surface area contributed by atoms with Gasteiger partial charge in [-0.2, -0.15) is 0 Å². The van der Waals surface area contributed by atoms with E-state index in [-0.39, 0.29) is 27.7 Å². The summed E-state index contributed by atoms with van der Waals surface area (Å²) in [5.41, 5.74) is 3.40. The van der Waals surface area contributed by atoms with Gasteiger partial charge in [0.1, 0.15) is 7.14 Å². The SMILES string of the molecule is C[C@H](CP(=O)(c1ccccc1)c1ccccc1)C1CCC2/C(=C\C=C3C[C@@H](O[Si](C)(C)C(C)(C)C)C[C@H](O[Si](C)(C)C(C)(C)C)C3)CCC[C@@]21C. The van der Waals surface area contributed by atoms with Crippen molar-refractivity contribution in [3.8, 4) is 0 Å². The van der Waals surface area contributed by atoms with Crippen LogP contribution in [0.2, 0.25) is 36.3 Å². The summed E-state index contributed by atoms with van der Waals surface area (Å²) in [6, 6.07) is 20.6. The Morgan fingerprint density at radius 3 is 1.76 bits per heavy atom. The van der Waals surface area contributed by atoms with Crippen LogP contribution in [0.3, 0.4) is 0 Å². The zero-order chi connectivity index (χ0) is 37.5. The van der Waals surface area contributed by atoms with E-state index in [2.05, 4.69) is 118 Å². The number of rotatable bonds is 10. The van der Waals surface area contributed by atoms with Crippen LogP contribution in [0.15, 0.2) is 84.0 Å². The van der Waals surface area contributed by atoms with Crippen LogP contribution in [0.25, 0.3) is 0 Å². The van der Waals surface area contributed by atoms with Crippen LogP contribution in [0.1, 0.15) is 107 Å². The second-order valence-electron chi connectivity index (χ2n) is 19.9.